The van der Waals surface area contributed by atoms with E-state index in [1.807, 2.05) is 78.9 Å². The van der Waals surface area contributed by atoms with Crippen molar-refractivity contribution in [1.82, 2.24) is 0 Å². The monoisotopic (exact) mass is 346 g/mol. The predicted octanol–water partition coefficient (Wildman–Crippen LogP) is 5.58. The van der Waals surface area contributed by atoms with Gasteiger partial charge in [-0.15, -0.1) is 0 Å². The van der Waals surface area contributed by atoms with Crippen LogP contribution in [0, 0.1) is 0 Å². The number of benzene rings is 3. The fourth-order valence-corrected chi connectivity index (χ4v) is 2.95. The number of amides is 1. The third-order valence-electron chi connectivity index (χ3n) is 4.05. The molecule has 0 fully saturated rings. The summed E-state index contributed by atoms with van der Waals surface area (Å²) in [5.41, 5.74) is 5.24. The maximum Gasteiger partial charge on any atom is 0.256 e. The van der Waals surface area contributed by atoms with Crippen LogP contribution in [0.5, 0.6) is 0 Å². The molecule has 122 valence electrons. The van der Waals surface area contributed by atoms with Crippen LogP contribution in [0.3, 0.4) is 0 Å². The van der Waals surface area contributed by atoms with Crippen LogP contribution in [-0.4, -0.2) is 5.91 Å². The molecule has 3 aromatic rings. The molecule has 0 aliphatic carbocycles. The number of carbonyl (C=O) groups excluding carboxylic acids is 1. The number of carbonyl (C=O) groups is 1. The van der Waals surface area contributed by atoms with E-state index < -0.39 is 0 Å². The lowest BCUT2D eigenvalue weighted by Gasteiger charge is -2.08. The first-order valence-electron chi connectivity index (χ1n) is 7.94. The van der Waals surface area contributed by atoms with Gasteiger partial charge in [-0.1, -0.05) is 41.9 Å². The molecular formula is C21H15ClN2O. The highest BCUT2D eigenvalue weighted by atomic mass is 35.5. The predicted molar refractivity (Wildman–Crippen MR) is 104 cm³/mol. The van der Waals surface area contributed by atoms with E-state index in [4.69, 9.17) is 11.6 Å². The Labute approximate surface area is 151 Å². The summed E-state index contributed by atoms with van der Waals surface area (Å²) in [5.74, 6) is -0.0810. The highest BCUT2D eigenvalue weighted by Crippen LogP contribution is 2.35. The Morgan fingerprint density at radius 3 is 2.36 bits per heavy atom. The fourth-order valence-electron chi connectivity index (χ4n) is 2.82. The van der Waals surface area contributed by atoms with E-state index in [1.54, 1.807) is 0 Å². The van der Waals surface area contributed by atoms with Gasteiger partial charge in [0.05, 0.1) is 0 Å². The summed E-state index contributed by atoms with van der Waals surface area (Å²) in [4.78, 5) is 12.3. The van der Waals surface area contributed by atoms with E-state index in [2.05, 4.69) is 10.6 Å². The van der Waals surface area contributed by atoms with Gasteiger partial charge in [0.1, 0.15) is 0 Å². The van der Waals surface area contributed by atoms with Crippen molar-refractivity contribution < 1.29 is 4.79 Å². The minimum Gasteiger partial charge on any atom is -0.356 e. The molecule has 1 aliphatic rings. The average Bonchev–Trinajstić information content (AvgIpc) is 2.93. The quantitative estimate of drug-likeness (QED) is 0.608. The van der Waals surface area contributed by atoms with E-state index in [0.29, 0.717) is 10.6 Å². The van der Waals surface area contributed by atoms with Crippen molar-refractivity contribution in [2.45, 2.75) is 0 Å². The number of hydrogen-bond acceptors (Lipinski definition) is 2. The van der Waals surface area contributed by atoms with Crippen LogP contribution in [0.1, 0.15) is 11.1 Å². The average molecular weight is 347 g/mol. The van der Waals surface area contributed by atoms with Crippen molar-refractivity contribution in [1.29, 1.82) is 0 Å². The van der Waals surface area contributed by atoms with E-state index in [0.717, 1.165) is 28.2 Å². The van der Waals surface area contributed by atoms with E-state index >= 15 is 0 Å². The van der Waals surface area contributed by atoms with Crippen molar-refractivity contribution in [3.8, 4) is 0 Å². The molecule has 0 bridgehead atoms. The topological polar surface area (TPSA) is 41.1 Å². The highest BCUT2D eigenvalue weighted by Gasteiger charge is 2.24. The molecule has 3 nitrogen and oxygen atoms in total. The molecule has 0 unspecified atom stereocenters. The molecular weight excluding hydrogens is 332 g/mol. The van der Waals surface area contributed by atoms with Crippen molar-refractivity contribution >= 4 is 46.2 Å². The maximum atomic E-state index is 12.3. The Hall–Kier alpha value is -3.04. The lowest BCUT2D eigenvalue weighted by Crippen LogP contribution is -2.03. The first-order valence-corrected chi connectivity index (χ1v) is 8.32. The zero-order valence-corrected chi connectivity index (χ0v) is 14.0. The van der Waals surface area contributed by atoms with Gasteiger partial charge < -0.3 is 10.6 Å². The van der Waals surface area contributed by atoms with Crippen LogP contribution in [0.4, 0.5) is 17.1 Å². The molecule has 0 spiro atoms. The van der Waals surface area contributed by atoms with Crippen LogP contribution in [0.2, 0.25) is 5.02 Å². The number of rotatable bonds is 3. The van der Waals surface area contributed by atoms with Crippen LogP contribution in [-0.2, 0) is 4.79 Å². The van der Waals surface area contributed by atoms with Gasteiger partial charge in [0.25, 0.3) is 5.91 Å². The highest BCUT2D eigenvalue weighted by molar-refractivity contribution is 6.35. The zero-order chi connectivity index (χ0) is 17.2. The minimum absolute atomic E-state index is 0.0810. The normalized spacial score (nSPS) is 14.3. The molecule has 0 atom stereocenters. The second-order valence-corrected chi connectivity index (χ2v) is 6.25. The molecule has 3 aromatic carbocycles. The number of nitrogens with one attached hydrogen (secondary N) is 2. The first-order chi connectivity index (χ1) is 12.2. The molecule has 1 aliphatic heterocycles. The Morgan fingerprint density at radius 1 is 0.880 bits per heavy atom. The minimum atomic E-state index is -0.0810. The van der Waals surface area contributed by atoms with Crippen molar-refractivity contribution in [3.05, 3.63) is 88.9 Å². The summed E-state index contributed by atoms with van der Waals surface area (Å²) >= 11 is 5.92. The lowest BCUT2D eigenvalue weighted by atomic mass is 10.0. The van der Waals surface area contributed by atoms with Gasteiger partial charge >= 0.3 is 0 Å². The Morgan fingerprint density at radius 2 is 1.60 bits per heavy atom. The summed E-state index contributed by atoms with van der Waals surface area (Å²) in [5, 5.41) is 6.95. The van der Waals surface area contributed by atoms with E-state index in [9.17, 15) is 4.79 Å². The van der Waals surface area contributed by atoms with Gasteiger partial charge in [-0.25, -0.2) is 0 Å². The number of hydrogen-bond donors (Lipinski definition) is 2. The molecule has 0 saturated heterocycles. The summed E-state index contributed by atoms with van der Waals surface area (Å²) in [6.45, 7) is 0. The van der Waals surface area contributed by atoms with Crippen LogP contribution < -0.4 is 10.6 Å². The largest absolute Gasteiger partial charge is 0.356 e. The van der Waals surface area contributed by atoms with Crippen LogP contribution in [0.25, 0.3) is 11.6 Å². The number of fused-ring (bicyclic) bond motifs is 1. The third kappa shape index (κ3) is 3.28. The Kier molecular flexibility index (Phi) is 4.00. The van der Waals surface area contributed by atoms with Gasteiger partial charge in [-0.3, -0.25) is 4.79 Å². The van der Waals surface area contributed by atoms with Crippen molar-refractivity contribution in [3.63, 3.8) is 0 Å². The summed E-state index contributed by atoms with van der Waals surface area (Å²) in [7, 11) is 0. The molecule has 2 N–H and O–H groups in total. The number of halogens is 1. The molecule has 4 rings (SSSR count). The summed E-state index contributed by atoms with van der Waals surface area (Å²) < 4.78 is 0. The van der Waals surface area contributed by atoms with Gasteiger partial charge in [0.15, 0.2) is 0 Å². The molecule has 4 heteroatoms. The Bertz CT molecular complexity index is 963. The SMILES string of the molecule is O=C1Nc2ccc(Nc3ccc(Cl)cc3)cc2/C1=C\c1ccccc1. The lowest BCUT2D eigenvalue weighted by molar-refractivity contribution is -0.110. The second-order valence-electron chi connectivity index (χ2n) is 5.82. The second kappa shape index (κ2) is 6.46. The van der Waals surface area contributed by atoms with Gasteiger partial charge in [-0.2, -0.15) is 0 Å². The van der Waals surface area contributed by atoms with Crippen LogP contribution >= 0.6 is 11.6 Å². The Balaban J connectivity index is 1.68. The fraction of sp³-hybridized carbons (Fsp3) is 0. The van der Waals surface area contributed by atoms with Crippen LogP contribution in [0.15, 0.2) is 72.8 Å². The molecule has 1 amide bonds. The van der Waals surface area contributed by atoms with Gasteiger partial charge in [0.2, 0.25) is 0 Å². The molecule has 0 saturated carbocycles. The van der Waals surface area contributed by atoms with E-state index in [1.165, 1.54) is 0 Å². The first kappa shape index (κ1) is 15.5. The molecule has 1 heterocycles. The van der Waals surface area contributed by atoms with Gasteiger partial charge in [-0.05, 0) is 54.1 Å². The molecule has 0 radical (unpaired) electrons. The van der Waals surface area contributed by atoms with Crippen molar-refractivity contribution in [2.24, 2.45) is 0 Å². The smallest absolute Gasteiger partial charge is 0.256 e. The zero-order valence-electron chi connectivity index (χ0n) is 13.3. The van der Waals surface area contributed by atoms with Crippen molar-refractivity contribution in [2.75, 3.05) is 10.6 Å². The van der Waals surface area contributed by atoms with E-state index in [-0.39, 0.29) is 5.91 Å². The summed E-state index contributed by atoms with van der Waals surface area (Å²) in [6.07, 6.45) is 1.91. The third-order valence-corrected chi connectivity index (χ3v) is 4.30. The molecule has 25 heavy (non-hydrogen) atoms. The molecule has 0 aromatic heterocycles. The van der Waals surface area contributed by atoms with Gasteiger partial charge in [0, 0.05) is 33.2 Å². The standard InChI is InChI=1S/C21H15ClN2O/c22-15-6-8-16(9-7-15)23-17-10-11-20-18(13-17)19(21(25)24-20)12-14-4-2-1-3-5-14/h1-13,23H,(H,24,25)/b19-12+. The maximum absolute atomic E-state index is 12.3. The number of anilines is 3. The summed E-state index contributed by atoms with van der Waals surface area (Å²) in [6, 6.07) is 23.2.